The van der Waals surface area contributed by atoms with Gasteiger partial charge in [0.15, 0.2) is 5.96 Å². The van der Waals surface area contributed by atoms with Gasteiger partial charge in [0.05, 0.1) is 6.54 Å². The molecule has 0 fully saturated rings. The van der Waals surface area contributed by atoms with Crippen LogP contribution in [0.5, 0.6) is 5.75 Å². The van der Waals surface area contributed by atoms with Gasteiger partial charge in [0.1, 0.15) is 11.3 Å². The summed E-state index contributed by atoms with van der Waals surface area (Å²) in [4.78, 5) is 6.60. The summed E-state index contributed by atoms with van der Waals surface area (Å²) < 4.78 is 30.5. The van der Waals surface area contributed by atoms with Gasteiger partial charge >= 0.3 is 6.61 Å². The third-order valence-electron chi connectivity index (χ3n) is 4.33. The number of alkyl halides is 2. The number of nitrogens with two attached hydrogens (primary N) is 1. The zero-order valence-electron chi connectivity index (χ0n) is 13.8. The monoisotopic (exact) mass is 409 g/mol. The molecule has 1 atom stereocenters. The largest absolute Gasteiger partial charge is 0.435 e. The highest BCUT2D eigenvalue weighted by Crippen LogP contribution is 2.40. The molecule has 0 amide bonds. The van der Waals surface area contributed by atoms with Gasteiger partial charge in [-0.05, 0) is 47.9 Å². The van der Waals surface area contributed by atoms with Crippen molar-refractivity contribution in [3.05, 3.63) is 63.6 Å². The lowest BCUT2D eigenvalue weighted by atomic mass is 9.83. The summed E-state index contributed by atoms with van der Waals surface area (Å²) in [7, 11) is 1.87. The van der Waals surface area contributed by atoms with Gasteiger partial charge in [0.25, 0.3) is 0 Å². The van der Waals surface area contributed by atoms with Crippen molar-refractivity contribution in [2.45, 2.75) is 19.1 Å². The van der Waals surface area contributed by atoms with Gasteiger partial charge in [-0.2, -0.15) is 8.78 Å². The summed E-state index contributed by atoms with van der Waals surface area (Å²) in [6, 6.07) is 13.0. The van der Waals surface area contributed by atoms with Crippen LogP contribution < -0.4 is 10.5 Å². The van der Waals surface area contributed by atoms with Crippen molar-refractivity contribution in [1.82, 2.24) is 4.90 Å². The van der Waals surface area contributed by atoms with Crippen molar-refractivity contribution in [2.24, 2.45) is 10.7 Å². The molecule has 1 aliphatic rings. The van der Waals surface area contributed by atoms with Crippen LogP contribution in [0, 0.1) is 6.92 Å². The smallest absolute Gasteiger partial charge is 0.387 e. The van der Waals surface area contributed by atoms with E-state index in [1.807, 2.05) is 42.3 Å². The number of rotatable bonds is 4. The quantitative estimate of drug-likeness (QED) is 0.833. The van der Waals surface area contributed by atoms with Gasteiger partial charge in [-0.15, -0.1) is 0 Å². The van der Waals surface area contributed by atoms with E-state index < -0.39 is 12.2 Å². The number of hydrogen-bond donors (Lipinski definition) is 1. The molecule has 7 heteroatoms. The normalized spacial score (nSPS) is 20.1. The minimum absolute atomic E-state index is 0.159. The van der Waals surface area contributed by atoms with E-state index in [1.165, 1.54) is 0 Å². The van der Waals surface area contributed by atoms with Crippen LogP contribution in [0.3, 0.4) is 0 Å². The molecule has 0 unspecified atom stereocenters. The molecule has 0 aromatic heterocycles. The Bertz CT molecular complexity index is 828. The maximum atomic E-state index is 12.5. The Kier molecular flexibility index (Phi) is 4.69. The standard InChI is InChI=1S/C18H18BrF2N3O/c1-11-8-13(6-7-15(11)25-16(20)21)18(10-24(2)17(22)23-18)12-4-3-5-14(19)9-12/h3-9,16H,10H2,1-2H3,(H2,22,23)/t18-/m0/s1. The molecule has 132 valence electrons. The summed E-state index contributed by atoms with van der Waals surface area (Å²) >= 11 is 3.49. The zero-order chi connectivity index (χ0) is 18.2. The van der Waals surface area contributed by atoms with E-state index in [4.69, 9.17) is 10.7 Å². The zero-order valence-corrected chi connectivity index (χ0v) is 15.4. The number of halogens is 3. The summed E-state index contributed by atoms with van der Waals surface area (Å²) in [6.45, 7) is -0.555. The maximum absolute atomic E-state index is 12.5. The first-order valence-electron chi connectivity index (χ1n) is 7.70. The van der Waals surface area contributed by atoms with Gasteiger partial charge in [0.2, 0.25) is 0 Å². The van der Waals surface area contributed by atoms with Crippen LogP contribution in [0.4, 0.5) is 8.78 Å². The number of benzene rings is 2. The Morgan fingerprint density at radius 1 is 1.24 bits per heavy atom. The second-order valence-corrected chi connectivity index (χ2v) is 6.97. The van der Waals surface area contributed by atoms with Crippen LogP contribution in [0.1, 0.15) is 16.7 Å². The fourth-order valence-electron chi connectivity index (χ4n) is 3.10. The highest BCUT2D eigenvalue weighted by Gasteiger charge is 2.41. The average molecular weight is 410 g/mol. The van der Waals surface area contributed by atoms with Crippen molar-refractivity contribution in [3.63, 3.8) is 0 Å². The number of hydrogen-bond acceptors (Lipinski definition) is 4. The summed E-state index contributed by atoms with van der Waals surface area (Å²) in [6.07, 6.45) is 0. The average Bonchev–Trinajstić information content (AvgIpc) is 2.85. The van der Waals surface area contributed by atoms with Gasteiger partial charge < -0.3 is 15.4 Å². The summed E-state index contributed by atoms with van der Waals surface area (Å²) in [5.74, 6) is 0.594. The van der Waals surface area contributed by atoms with E-state index >= 15 is 0 Å². The number of aliphatic imine (C=N–C) groups is 1. The molecule has 3 rings (SSSR count). The minimum Gasteiger partial charge on any atom is -0.435 e. The number of aryl methyl sites for hydroxylation is 1. The molecule has 0 saturated heterocycles. The van der Waals surface area contributed by atoms with Crippen LogP contribution in [0.15, 0.2) is 51.9 Å². The van der Waals surface area contributed by atoms with E-state index in [2.05, 4.69) is 20.7 Å². The Morgan fingerprint density at radius 2 is 1.96 bits per heavy atom. The summed E-state index contributed by atoms with van der Waals surface area (Å²) in [5, 5.41) is 0. The predicted octanol–water partition coefficient (Wildman–Crippen LogP) is 3.86. The van der Waals surface area contributed by atoms with Crippen LogP contribution in [-0.2, 0) is 5.54 Å². The molecule has 0 aliphatic carbocycles. The first-order chi connectivity index (χ1) is 11.8. The number of nitrogens with zero attached hydrogens (tertiary/aromatic N) is 2. The fraction of sp³-hybridized carbons (Fsp3) is 0.278. The minimum atomic E-state index is -2.85. The van der Waals surface area contributed by atoms with E-state index in [9.17, 15) is 8.78 Å². The van der Waals surface area contributed by atoms with E-state index in [0.717, 1.165) is 15.6 Å². The van der Waals surface area contributed by atoms with Crippen molar-refractivity contribution in [3.8, 4) is 5.75 Å². The first-order valence-corrected chi connectivity index (χ1v) is 8.49. The molecule has 4 nitrogen and oxygen atoms in total. The van der Waals surface area contributed by atoms with Gasteiger partial charge in [0, 0.05) is 11.5 Å². The Morgan fingerprint density at radius 3 is 2.52 bits per heavy atom. The number of likely N-dealkylation sites (N-methyl/N-ethyl adjacent to an activating group) is 1. The number of ether oxygens (including phenoxy) is 1. The van der Waals surface area contributed by atoms with Crippen LogP contribution >= 0.6 is 15.9 Å². The van der Waals surface area contributed by atoms with Gasteiger partial charge in [-0.25, -0.2) is 4.99 Å². The molecule has 0 radical (unpaired) electrons. The summed E-state index contributed by atoms with van der Waals surface area (Å²) in [5.41, 5.74) is 7.80. The highest BCUT2D eigenvalue weighted by atomic mass is 79.9. The Balaban J connectivity index is 2.13. The molecule has 2 N–H and O–H groups in total. The van der Waals surface area contributed by atoms with Gasteiger partial charge in [-0.3, -0.25) is 0 Å². The topological polar surface area (TPSA) is 50.8 Å². The van der Waals surface area contributed by atoms with E-state index in [1.54, 1.807) is 19.1 Å². The SMILES string of the molecule is Cc1cc([C@@]2(c3cccc(Br)c3)CN(C)C(N)=N2)ccc1OC(F)F. The molecule has 1 heterocycles. The molecule has 1 aliphatic heterocycles. The molecule has 0 saturated carbocycles. The first kappa shape index (κ1) is 17.7. The van der Waals surface area contributed by atoms with Crippen molar-refractivity contribution < 1.29 is 13.5 Å². The third kappa shape index (κ3) is 3.33. The Hall–Kier alpha value is -2.15. The molecule has 2 aromatic rings. The van der Waals surface area contributed by atoms with E-state index in [-0.39, 0.29) is 5.75 Å². The Labute approximate surface area is 153 Å². The lowest BCUT2D eigenvalue weighted by molar-refractivity contribution is -0.0503. The van der Waals surface area contributed by atoms with Crippen molar-refractivity contribution >= 4 is 21.9 Å². The number of guanidine groups is 1. The highest BCUT2D eigenvalue weighted by molar-refractivity contribution is 9.10. The molecule has 0 bridgehead atoms. The lowest BCUT2D eigenvalue weighted by Crippen LogP contribution is -2.34. The second-order valence-electron chi connectivity index (χ2n) is 6.06. The van der Waals surface area contributed by atoms with Crippen molar-refractivity contribution in [1.29, 1.82) is 0 Å². The second kappa shape index (κ2) is 6.63. The lowest BCUT2D eigenvalue weighted by Gasteiger charge is -2.29. The fourth-order valence-corrected chi connectivity index (χ4v) is 3.50. The molecular formula is C18H18BrF2N3O. The maximum Gasteiger partial charge on any atom is 0.387 e. The predicted molar refractivity (Wildman–Crippen MR) is 97.0 cm³/mol. The van der Waals surface area contributed by atoms with E-state index in [0.29, 0.717) is 18.1 Å². The molecular weight excluding hydrogens is 392 g/mol. The molecule has 2 aromatic carbocycles. The van der Waals surface area contributed by atoms with Crippen LogP contribution in [0.25, 0.3) is 0 Å². The third-order valence-corrected chi connectivity index (χ3v) is 4.83. The molecule has 0 spiro atoms. The van der Waals surface area contributed by atoms with Crippen LogP contribution in [-0.4, -0.2) is 31.1 Å². The molecule has 25 heavy (non-hydrogen) atoms. The van der Waals surface area contributed by atoms with Gasteiger partial charge in [-0.1, -0.05) is 34.1 Å². The van der Waals surface area contributed by atoms with Crippen molar-refractivity contribution in [2.75, 3.05) is 13.6 Å². The van der Waals surface area contributed by atoms with Crippen LogP contribution in [0.2, 0.25) is 0 Å².